The summed E-state index contributed by atoms with van der Waals surface area (Å²) in [5, 5.41) is 4.13. The predicted octanol–water partition coefficient (Wildman–Crippen LogP) is 3.83. The zero-order valence-electron chi connectivity index (χ0n) is 12.3. The van der Waals surface area contributed by atoms with Gasteiger partial charge in [0.1, 0.15) is 5.82 Å². The van der Waals surface area contributed by atoms with Gasteiger partial charge in [0.05, 0.1) is 0 Å². The van der Waals surface area contributed by atoms with Crippen molar-refractivity contribution in [2.45, 2.75) is 51.7 Å². The molecule has 0 aromatic heterocycles. The Bertz CT molecular complexity index is 418. The molecule has 0 spiro atoms. The standard InChI is InChI=1S/C16H24ClFN2/c1-3-6-12-10-20(13(4-2)9-19-12)11-14-15(17)7-5-8-16(14)18/h5,7-8,12-13,19H,3-4,6,9-11H2,1-2H3. The summed E-state index contributed by atoms with van der Waals surface area (Å²) in [5.74, 6) is -0.196. The second-order valence-corrected chi connectivity index (χ2v) is 5.99. The van der Waals surface area contributed by atoms with E-state index in [9.17, 15) is 4.39 Å². The Balaban J connectivity index is 2.11. The predicted molar refractivity (Wildman–Crippen MR) is 82.6 cm³/mol. The van der Waals surface area contributed by atoms with Gasteiger partial charge in [0.15, 0.2) is 0 Å². The van der Waals surface area contributed by atoms with Crippen molar-refractivity contribution in [1.29, 1.82) is 0 Å². The lowest BCUT2D eigenvalue weighted by atomic mass is 10.0. The molecule has 1 aliphatic heterocycles. The maximum Gasteiger partial charge on any atom is 0.129 e. The average Bonchev–Trinajstić information content (AvgIpc) is 2.44. The van der Waals surface area contributed by atoms with Crippen LogP contribution in [0.25, 0.3) is 0 Å². The summed E-state index contributed by atoms with van der Waals surface area (Å²) in [4.78, 5) is 2.38. The molecule has 1 aromatic rings. The van der Waals surface area contributed by atoms with Gasteiger partial charge in [0, 0.05) is 42.3 Å². The molecule has 2 rings (SSSR count). The van der Waals surface area contributed by atoms with Crippen LogP contribution in [0.15, 0.2) is 18.2 Å². The van der Waals surface area contributed by atoms with Gasteiger partial charge in [0.2, 0.25) is 0 Å². The molecular formula is C16H24ClFN2. The van der Waals surface area contributed by atoms with Crippen molar-refractivity contribution in [2.75, 3.05) is 13.1 Å². The minimum atomic E-state index is -0.196. The smallest absolute Gasteiger partial charge is 0.129 e. The number of hydrogen-bond acceptors (Lipinski definition) is 2. The zero-order chi connectivity index (χ0) is 14.5. The van der Waals surface area contributed by atoms with E-state index in [1.807, 2.05) is 0 Å². The van der Waals surface area contributed by atoms with Crippen LogP contribution in [0.1, 0.15) is 38.7 Å². The number of nitrogens with one attached hydrogen (secondary N) is 1. The van der Waals surface area contributed by atoms with Crippen LogP contribution in [-0.2, 0) is 6.54 Å². The maximum atomic E-state index is 14.0. The SMILES string of the molecule is CCCC1CN(Cc2c(F)cccc2Cl)C(CC)CN1. The molecular weight excluding hydrogens is 275 g/mol. The van der Waals surface area contributed by atoms with Crippen molar-refractivity contribution in [3.05, 3.63) is 34.6 Å². The molecule has 1 N–H and O–H groups in total. The van der Waals surface area contributed by atoms with Crippen molar-refractivity contribution in [3.8, 4) is 0 Å². The average molecular weight is 299 g/mol. The first-order valence-electron chi connectivity index (χ1n) is 7.56. The number of nitrogens with zero attached hydrogens (tertiary/aromatic N) is 1. The first-order valence-corrected chi connectivity index (χ1v) is 7.93. The van der Waals surface area contributed by atoms with Crippen LogP contribution in [0, 0.1) is 5.82 Å². The molecule has 1 heterocycles. The maximum absolute atomic E-state index is 14.0. The third kappa shape index (κ3) is 3.72. The van der Waals surface area contributed by atoms with Crippen molar-refractivity contribution in [2.24, 2.45) is 0 Å². The van der Waals surface area contributed by atoms with Crippen LogP contribution >= 0.6 is 11.6 Å². The molecule has 1 fully saturated rings. The second-order valence-electron chi connectivity index (χ2n) is 5.59. The molecule has 4 heteroatoms. The van der Waals surface area contributed by atoms with E-state index >= 15 is 0 Å². The lowest BCUT2D eigenvalue weighted by Gasteiger charge is -2.40. The Kier molecular flexibility index (Phi) is 5.82. The Morgan fingerprint density at radius 1 is 1.40 bits per heavy atom. The lowest BCUT2D eigenvalue weighted by molar-refractivity contribution is 0.114. The van der Waals surface area contributed by atoms with Gasteiger partial charge in [0.25, 0.3) is 0 Å². The molecule has 0 amide bonds. The summed E-state index contributed by atoms with van der Waals surface area (Å²) in [6.45, 7) is 6.93. The van der Waals surface area contributed by atoms with Gasteiger partial charge in [-0.15, -0.1) is 0 Å². The highest BCUT2D eigenvalue weighted by Gasteiger charge is 2.27. The molecule has 1 aliphatic rings. The van der Waals surface area contributed by atoms with Crippen molar-refractivity contribution >= 4 is 11.6 Å². The number of hydrogen-bond donors (Lipinski definition) is 1. The lowest BCUT2D eigenvalue weighted by Crippen LogP contribution is -2.55. The van der Waals surface area contributed by atoms with E-state index < -0.39 is 0 Å². The number of rotatable bonds is 5. The van der Waals surface area contributed by atoms with E-state index in [0.29, 0.717) is 29.2 Å². The first-order chi connectivity index (χ1) is 9.65. The monoisotopic (exact) mass is 298 g/mol. The molecule has 2 unspecified atom stereocenters. The minimum Gasteiger partial charge on any atom is -0.311 e. The van der Waals surface area contributed by atoms with Crippen LogP contribution in [-0.4, -0.2) is 30.1 Å². The fraction of sp³-hybridized carbons (Fsp3) is 0.625. The van der Waals surface area contributed by atoms with Gasteiger partial charge in [-0.1, -0.05) is 37.9 Å². The summed E-state index contributed by atoms with van der Waals surface area (Å²) in [6.07, 6.45) is 3.40. The molecule has 0 saturated carbocycles. The van der Waals surface area contributed by atoms with Crippen LogP contribution in [0.3, 0.4) is 0 Å². The molecule has 1 saturated heterocycles. The molecule has 0 radical (unpaired) electrons. The van der Waals surface area contributed by atoms with Crippen LogP contribution in [0.4, 0.5) is 4.39 Å². The third-order valence-corrected chi connectivity index (χ3v) is 4.50. The van der Waals surface area contributed by atoms with Gasteiger partial charge >= 0.3 is 0 Å². The van der Waals surface area contributed by atoms with Gasteiger partial charge in [-0.3, -0.25) is 4.90 Å². The minimum absolute atomic E-state index is 0.196. The quantitative estimate of drug-likeness (QED) is 0.889. The topological polar surface area (TPSA) is 15.3 Å². The van der Waals surface area contributed by atoms with Crippen molar-refractivity contribution in [1.82, 2.24) is 10.2 Å². The Hall–Kier alpha value is -0.640. The summed E-state index contributed by atoms with van der Waals surface area (Å²) in [5.41, 5.74) is 0.629. The van der Waals surface area contributed by atoms with Gasteiger partial charge in [-0.2, -0.15) is 0 Å². The van der Waals surface area contributed by atoms with E-state index in [0.717, 1.165) is 25.9 Å². The summed E-state index contributed by atoms with van der Waals surface area (Å²) < 4.78 is 14.0. The van der Waals surface area contributed by atoms with Crippen molar-refractivity contribution < 1.29 is 4.39 Å². The molecule has 0 aliphatic carbocycles. The van der Waals surface area contributed by atoms with E-state index in [4.69, 9.17) is 11.6 Å². The third-order valence-electron chi connectivity index (χ3n) is 4.14. The summed E-state index contributed by atoms with van der Waals surface area (Å²) in [7, 11) is 0. The fourth-order valence-electron chi connectivity index (χ4n) is 2.95. The normalized spacial score (nSPS) is 24.0. The zero-order valence-corrected chi connectivity index (χ0v) is 13.1. The summed E-state index contributed by atoms with van der Waals surface area (Å²) >= 11 is 6.15. The number of benzene rings is 1. The van der Waals surface area contributed by atoms with Crippen LogP contribution in [0.5, 0.6) is 0 Å². The molecule has 20 heavy (non-hydrogen) atoms. The Morgan fingerprint density at radius 2 is 2.20 bits per heavy atom. The Morgan fingerprint density at radius 3 is 2.85 bits per heavy atom. The number of piperazine rings is 1. The van der Waals surface area contributed by atoms with Crippen molar-refractivity contribution in [3.63, 3.8) is 0 Å². The highest BCUT2D eigenvalue weighted by molar-refractivity contribution is 6.31. The van der Waals surface area contributed by atoms with Gasteiger partial charge in [-0.05, 0) is 25.0 Å². The van der Waals surface area contributed by atoms with Crippen LogP contribution < -0.4 is 5.32 Å². The fourth-order valence-corrected chi connectivity index (χ4v) is 3.18. The molecule has 0 bridgehead atoms. The largest absolute Gasteiger partial charge is 0.311 e. The highest BCUT2D eigenvalue weighted by atomic mass is 35.5. The Labute approximate surface area is 126 Å². The molecule has 112 valence electrons. The first kappa shape index (κ1) is 15.7. The van der Waals surface area contributed by atoms with E-state index in [2.05, 4.69) is 24.1 Å². The van der Waals surface area contributed by atoms with E-state index in [-0.39, 0.29) is 5.82 Å². The van der Waals surface area contributed by atoms with Gasteiger partial charge < -0.3 is 5.32 Å². The van der Waals surface area contributed by atoms with Crippen LogP contribution in [0.2, 0.25) is 5.02 Å². The van der Waals surface area contributed by atoms with E-state index in [1.54, 1.807) is 12.1 Å². The van der Waals surface area contributed by atoms with Gasteiger partial charge in [-0.25, -0.2) is 4.39 Å². The molecule has 2 atom stereocenters. The summed E-state index contributed by atoms with van der Waals surface area (Å²) in [6, 6.07) is 5.89. The molecule has 1 aromatic carbocycles. The second kappa shape index (κ2) is 7.39. The molecule has 2 nitrogen and oxygen atoms in total. The number of halogens is 2. The highest BCUT2D eigenvalue weighted by Crippen LogP contribution is 2.23. The van der Waals surface area contributed by atoms with E-state index in [1.165, 1.54) is 12.5 Å².